The lowest BCUT2D eigenvalue weighted by atomic mass is 10.2. The Hall–Kier alpha value is -1.55. The highest BCUT2D eigenvalue weighted by atomic mass is 16.5. The fourth-order valence-corrected chi connectivity index (χ4v) is 1.78. The molecule has 0 aliphatic carbocycles. The van der Waals surface area contributed by atoms with E-state index in [0.717, 1.165) is 19.4 Å². The minimum absolute atomic E-state index is 0.271. The lowest BCUT2D eigenvalue weighted by molar-refractivity contribution is 0.0697. The zero-order valence-electron chi connectivity index (χ0n) is 12.1. The summed E-state index contributed by atoms with van der Waals surface area (Å²) < 4.78 is 11.0. The molecular formula is C16H24O4. The van der Waals surface area contributed by atoms with E-state index in [2.05, 4.69) is 6.92 Å². The molecule has 1 aromatic carbocycles. The van der Waals surface area contributed by atoms with Crippen LogP contribution in [-0.2, 0) is 4.74 Å². The van der Waals surface area contributed by atoms with Crippen molar-refractivity contribution in [3.63, 3.8) is 0 Å². The molecule has 0 unspecified atom stereocenters. The van der Waals surface area contributed by atoms with Crippen LogP contribution in [-0.4, -0.2) is 30.9 Å². The van der Waals surface area contributed by atoms with Crippen LogP contribution < -0.4 is 4.74 Å². The Kier molecular flexibility index (Phi) is 8.47. The minimum atomic E-state index is -0.923. The van der Waals surface area contributed by atoms with Crippen molar-refractivity contribution in [2.24, 2.45) is 0 Å². The number of carboxylic acid groups (broad SMARTS) is 1. The van der Waals surface area contributed by atoms with Gasteiger partial charge < -0.3 is 14.6 Å². The molecule has 0 atom stereocenters. The van der Waals surface area contributed by atoms with Gasteiger partial charge in [0.1, 0.15) is 5.75 Å². The lowest BCUT2D eigenvalue weighted by Gasteiger charge is -2.07. The van der Waals surface area contributed by atoms with Gasteiger partial charge in [0.15, 0.2) is 0 Å². The monoisotopic (exact) mass is 280 g/mol. The van der Waals surface area contributed by atoms with Gasteiger partial charge in [0.25, 0.3) is 0 Å². The van der Waals surface area contributed by atoms with Crippen molar-refractivity contribution in [3.05, 3.63) is 29.8 Å². The fraction of sp³-hybridized carbons (Fsp3) is 0.562. The molecular weight excluding hydrogens is 256 g/mol. The largest absolute Gasteiger partial charge is 0.494 e. The molecule has 1 aromatic rings. The molecule has 1 rings (SSSR count). The van der Waals surface area contributed by atoms with Crippen molar-refractivity contribution >= 4 is 5.97 Å². The predicted octanol–water partition coefficient (Wildman–Crippen LogP) is 3.75. The third kappa shape index (κ3) is 7.14. The maximum atomic E-state index is 10.7. The Morgan fingerprint density at radius 2 is 1.70 bits per heavy atom. The second kappa shape index (κ2) is 10.3. The number of carboxylic acids is 1. The van der Waals surface area contributed by atoms with Gasteiger partial charge in [-0.05, 0) is 30.7 Å². The molecule has 0 bridgehead atoms. The third-order valence-corrected chi connectivity index (χ3v) is 2.95. The predicted molar refractivity (Wildman–Crippen MR) is 78.5 cm³/mol. The molecule has 0 heterocycles. The van der Waals surface area contributed by atoms with E-state index in [9.17, 15) is 4.79 Å². The molecule has 20 heavy (non-hydrogen) atoms. The van der Waals surface area contributed by atoms with E-state index in [1.807, 2.05) is 0 Å². The van der Waals surface area contributed by atoms with Crippen LogP contribution in [0.4, 0.5) is 0 Å². The molecule has 4 nitrogen and oxygen atoms in total. The van der Waals surface area contributed by atoms with Crippen LogP contribution in [0, 0.1) is 0 Å². The maximum Gasteiger partial charge on any atom is 0.335 e. The van der Waals surface area contributed by atoms with E-state index in [0.29, 0.717) is 19.0 Å². The maximum absolute atomic E-state index is 10.7. The molecule has 0 fully saturated rings. The minimum Gasteiger partial charge on any atom is -0.494 e. The number of hydrogen-bond donors (Lipinski definition) is 1. The van der Waals surface area contributed by atoms with Gasteiger partial charge in [0, 0.05) is 19.6 Å². The van der Waals surface area contributed by atoms with E-state index >= 15 is 0 Å². The van der Waals surface area contributed by atoms with E-state index in [-0.39, 0.29) is 5.56 Å². The molecule has 0 amide bonds. The number of hydrogen-bond acceptors (Lipinski definition) is 3. The highest BCUT2D eigenvalue weighted by Crippen LogP contribution is 2.12. The van der Waals surface area contributed by atoms with Crippen LogP contribution in [0.2, 0.25) is 0 Å². The van der Waals surface area contributed by atoms with Crippen LogP contribution in [0.15, 0.2) is 24.3 Å². The summed E-state index contributed by atoms with van der Waals surface area (Å²) in [4.78, 5) is 10.7. The Morgan fingerprint density at radius 3 is 2.35 bits per heavy atom. The first-order valence-electron chi connectivity index (χ1n) is 7.28. The number of aromatic carboxylic acids is 1. The van der Waals surface area contributed by atoms with Gasteiger partial charge in [-0.2, -0.15) is 0 Å². The first-order valence-corrected chi connectivity index (χ1v) is 7.28. The molecule has 4 heteroatoms. The highest BCUT2D eigenvalue weighted by Gasteiger charge is 2.01. The Bertz CT molecular complexity index is 373. The highest BCUT2D eigenvalue weighted by molar-refractivity contribution is 5.87. The Labute approximate surface area is 120 Å². The summed E-state index contributed by atoms with van der Waals surface area (Å²) in [6, 6.07) is 6.44. The molecule has 0 radical (unpaired) electrons. The van der Waals surface area contributed by atoms with E-state index in [1.54, 1.807) is 24.3 Å². The summed E-state index contributed by atoms with van der Waals surface area (Å²) in [6.07, 6.45) is 5.73. The number of unbranched alkanes of at least 4 members (excludes halogenated alkanes) is 3. The van der Waals surface area contributed by atoms with Crippen LogP contribution in [0.5, 0.6) is 5.75 Å². The van der Waals surface area contributed by atoms with Crippen molar-refractivity contribution in [3.8, 4) is 5.75 Å². The molecule has 0 saturated heterocycles. The van der Waals surface area contributed by atoms with Crippen molar-refractivity contribution in [1.82, 2.24) is 0 Å². The van der Waals surface area contributed by atoms with Crippen LogP contribution in [0.25, 0.3) is 0 Å². The summed E-state index contributed by atoms with van der Waals surface area (Å²) in [5.74, 6) is -0.231. The van der Waals surface area contributed by atoms with E-state index in [4.69, 9.17) is 14.6 Å². The average Bonchev–Trinajstić information content (AvgIpc) is 2.46. The molecule has 0 spiro atoms. The first kappa shape index (κ1) is 16.5. The van der Waals surface area contributed by atoms with Gasteiger partial charge in [-0.3, -0.25) is 0 Å². The lowest BCUT2D eigenvalue weighted by Crippen LogP contribution is -2.04. The van der Waals surface area contributed by atoms with Crippen LogP contribution in [0.3, 0.4) is 0 Å². The van der Waals surface area contributed by atoms with Crippen molar-refractivity contribution in [2.75, 3.05) is 19.8 Å². The zero-order chi connectivity index (χ0) is 14.6. The molecule has 0 saturated carbocycles. The van der Waals surface area contributed by atoms with Gasteiger partial charge in [0.05, 0.1) is 12.2 Å². The average molecular weight is 280 g/mol. The summed E-state index contributed by atoms with van der Waals surface area (Å²) in [7, 11) is 0. The van der Waals surface area contributed by atoms with Gasteiger partial charge in [-0.25, -0.2) is 4.79 Å². The van der Waals surface area contributed by atoms with Gasteiger partial charge >= 0.3 is 5.97 Å². The summed E-state index contributed by atoms with van der Waals surface area (Å²) >= 11 is 0. The van der Waals surface area contributed by atoms with E-state index < -0.39 is 5.97 Å². The van der Waals surface area contributed by atoms with Crippen molar-refractivity contribution in [1.29, 1.82) is 0 Å². The van der Waals surface area contributed by atoms with E-state index in [1.165, 1.54) is 19.3 Å². The molecule has 0 aliphatic heterocycles. The second-order valence-corrected chi connectivity index (χ2v) is 4.70. The zero-order valence-corrected chi connectivity index (χ0v) is 12.1. The SMILES string of the molecule is CCCCCCOCCCOc1ccc(C(=O)O)cc1. The molecule has 0 aliphatic rings. The standard InChI is InChI=1S/C16H24O4/c1-2-3-4-5-11-19-12-6-13-20-15-9-7-14(8-10-15)16(17)18/h7-10H,2-6,11-13H2,1H3,(H,17,18). The van der Waals surface area contributed by atoms with Gasteiger partial charge in [-0.15, -0.1) is 0 Å². The number of carbonyl (C=O) groups is 1. The van der Waals surface area contributed by atoms with Crippen molar-refractivity contribution < 1.29 is 19.4 Å². The third-order valence-electron chi connectivity index (χ3n) is 2.95. The van der Waals surface area contributed by atoms with Crippen molar-refractivity contribution in [2.45, 2.75) is 39.0 Å². The summed E-state index contributed by atoms with van der Waals surface area (Å²) in [5.41, 5.74) is 0.271. The summed E-state index contributed by atoms with van der Waals surface area (Å²) in [6.45, 7) is 4.31. The van der Waals surface area contributed by atoms with Gasteiger partial charge in [-0.1, -0.05) is 26.2 Å². The Morgan fingerprint density at radius 1 is 1.00 bits per heavy atom. The molecule has 112 valence electrons. The topological polar surface area (TPSA) is 55.8 Å². The molecule has 0 aromatic heterocycles. The first-order chi connectivity index (χ1) is 9.74. The number of benzene rings is 1. The van der Waals surface area contributed by atoms with Crippen LogP contribution in [0.1, 0.15) is 49.4 Å². The summed E-state index contributed by atoms with van der Waals surface area (Å²) in [5, 5.41) is 8.77. The number of ether oxygens (including phenoxy) is 2. The molecule has 1 N–H and O–H groups in total. The van der Waals surface area contributed by atoms with Gasteiger partial charge in [0.2, 0.25) is 0 Å². The Balaban J connectivity index is 2.02. The number of rotatable bonds is 11. The quantitative estimate of drug-likeness (QED) is 0.627. The smallest absolute Gasteiger partial charge is 0.335 e. The normalized spacial score (nSPS) is 10.4. The second-order valence-electron chi connectivity index (χ2n) is 4.70. The fourth-order valence-electron chi connectivity index (χ4n) is 1.78. The van der Waals surface area contributed by atoms with Crippen LogP contribution >= 0.6 is 0 Å².